The molecule has 0 spiro atoms. The number of ether oxygens (including phenoxy) is 2. The Morgan fingerprint density at radius 2 is 1.65 bits per heavy atom. The fourth-order valence-corrected chi connectivity index (χ4v) is 3.04. The van der Waals surface area contributed by atoms with Crippen LogP contribution in [0.4, 0.5) is 0 Å². The van der Waals surface area contributed by atoms with Crippen molar-refractivity contribution in [3.8, 4) is 0 Å². The van der Waals surface area contributed by atoms with Crippen molar-refractivity contribution in [1.29, 1.82) is 0 Å². The molecule has 1 atom stereocenters. The van der Waals surface area contributed by atoms with Crippen LogP contribution in [0.5, 0.6) is 0 Å². The number of carbonyl (C=O) groups excluding carboxylic acids is 1. The summed E-state index contributed by atoms with van der Waals surface area (Å²) < 4.78 is 11.2. The van der Waals surface area contributed by atoms with Gasteiger partial charge in [0.1, 0.15) is 0 Å². The summed E-state index contributed by atoms with van der Waals surface area (Å²) in [4.78, 5) is 14.8. The van der Waals surface area contributed by atoms with E-state index in [-0.39, 0.29) is 22.8 Å². The highest BCUT2D eigenvalue weighted by Crippen LogP contribution is 2.23. The predicted octanol–water partition coefficient (Wildman–Crippen LogP) is 4.13. The maximum absolute atomic E-state index is 12.9. The average molecular weight is 330 g/mol. The molecule has 0 aliphatic rings. The second kappa shape index (κ2) is 10.3. The van der Waals surface area contributed by atoms with E-state index in [1.807, 2.05) is 11.8 Å². The van der Waals surface area contributed by atoms with E-state index < -0.39 is 0 Å². The Balaban J connectivity index is 4.76. The van der Waals surface area contributed by atoms with Crippen LogP contribution in [0.3, 0.4) is 0 Å². The molecule has 0 radical (unpaired) electrons. The second-order valence-corrected chi connectivity index (χ2v) is 7.88. The van der Waals surface area contributed by atoms with Crippen LogP contribution in [0.1, 0.15) is 67.7 Å². The molecular formula is C19H39NO3. The van der Waals surface area contributed by atoms with Gasteiger partial charge < -0.3 is 14.4 Å². The molecular weight excluding hydrogens is 290 g/mol. The van der Waals surface area contributed by atoms with Crippen molar-refractivity contribution in [2.24, 2.45) is 11.3 Å². The molecule has 0 aromatic carbocycles. The van der Waals surface area contributed by atoms with Gasteiger partial charge in [-0.05, 0) is 33.6 Å². The van der Waals surface area contributed by atoms with Gasteiger partial charge in [0, 0.05) is 25.0 Å². The number of methoxy groups -OCH3 is 1. The topological polar surface area (TPSA) is 38.8 Å². The highest BCUT2D eigenvalue weighted by atomic mass is 16.5. The number of hydrogen-bond donors (Lipinski definition) is 0. The summed E-state index contributed by atoms with van der Waals surface area (Å²) in [5.41, 5.74) is -0.309. The van der Waals surface area contributed by atoms with Crippen molar-refractivity contribution in [2.75, 3.05) is 33.5 Å². The lowest BCUT2D eigenvalue weighted by Gasteiger charge is -2.40. The summed E-state index contributed by atoms with van der Waals surface area (Å²) in [5, 5.41) is 0. The summed E-state index contributed by atoms with van der Waals surface area (Å²) >= 11 is 0. The van der Waals surface area contributed by atoms with Crippen molar-refractivity contribution < 1.29 is 14.3 Å². The maximum Gasteiger partial charge on any atom is 0.226 e. The number of nitrogens with zero attached hydrogens (tertiary/aromatic N) is 1. The minimum absolute atomic E-state index is 0.0138. The molecule has 0 rings (SSSR count). The number of amides is 1. The van der Waals surface area contributed by atoms with Gasteiger partial charge in [0.05, 0.1) is 25.4 Å². The lowest BCUT2D eigenvalue weighted by Crippen LogP contribution is -2.52. The Morgan fingerprint density at radius 3 is 2.09 bits per heavy atom. The van der Waals surface area contributed by atoms with E-state index in [1.54, 1.807) is 7.11 Å². The van der Waals surface area contributed by atoms with Gasteiger partial charge in [0.2, 0.25) is 5.91 Å². The van der Waals surface area contributed by atoms with Gasteiger partial charge in [-0.25, -0.2) is 0 Å². The van der Waals surface area contributed by atoms with Crippen LogP contribution in [0.2, 0.25) is 0 Å². The smallest absolute Gasteiger partial charge is 0.226 e. The fraction of sp³-hybridized carbons (Fsp3) is 0.947. The highest BCUT2D eigenvalue weighted by Gasteiger charge is 2.33. The quantitative estimate of drug-likeness (QED) is 0.540. The van der Waals surface area contributed by atoms with Crippen LogP contribution >= 0.6 is 0 Å². The van der Waals surface area contributed by atoms with Crippen molar-refractivity contribution in [3.63, 3.8) is 0 Å². The van der Waals surface area contributed by atoms with Crippen LogP contribution in [0.25, 0.3) is 0 Å². The van der Waals surface area contributed by atoms with Crippen LogP contribution in [-0.2, 0) is 14.3 Å². The fourth-order valence-electron chi connectivity index (χ4n) is 3.04. The molecule has 0 aliphatic carbocycles. The van der Waals surface area contributed by atoms with Gasteiger partial charge in [-0.1, -0.05) is 34.1 Å². The lowest BCUT2D eigenvalue weighted by atomic mass is 9.94. The first-order chi connectivity index (χ1) is 10.6. The third-order valence-corrected chi connectivity index (χ3v) is 4.28. The molecule has 0 fully saturated rings. The zero-order chi connectivity index (χ0) is 18.1. The van der Waals surface area contributed by atoms with E-state index in [1.165, 1.54) is 0 Å². The van der Waals surface area contributed by atoms with Crippen molar-refractivity contribution in [3.05, 3.63) is 0 Å². The average Bonchev–Trinajstić information content (AvgIpc) is 2.44. The van der Waals surface area contributed by atoms with Gasteiger partial charge >= 0.3 is 0 Å². The van der Waals surface area contributed by atoms with Crippen LogP contribution in [0.15, 0.2) is 0 Å². The molecule has 0 saturated heterocycles. The standard InChI is InChI=1S/C19H39NO3/c1-9-12-16(10-2)17(21)20(11-3)19(6,7)15-23-14-18(4,5)13-22-8/h16H,9-15H2,1-8H3. The van der Waals surface area contributed by atoms with E-state index >= 15 is 0 Å². The molecule has 0 N–H and O–H groups in total. The molecule has 1 amide bonds. The zero-order valence-electron chi connectivity index (χ0n) is 16.7. The van der Waals surface area contributed by atoms with Gasteiger partial charge in [-0.15, -0.1) is 0 Å². The Morgan fingerprint density at radius 1 is 1.04 bits per heavy atom. The molecule has 0 saturated carbocycles. The van der Waals surface area contributed by atoms with Crippen molar-refractivity contribution >= 4 is 5.91 Å². The van der Waals surface area contributed by atoms with Crippen LogP contribution in [-0.4, -0.2) is 49.8 Å². The third kappa shape index (κ3) is 7.67. The molecule has 0 bridgehead atoms. The maximum atomic E-state index is 12.9. The molecule has 0 heterocycles. The summed E-state index contributed by atoms with van der Waals surface area (Å²) in [7, 11) is 1.71. The van der Waals surface area contributed by atoms with Crippen molar-refractivity contribution in [2.45, 2.75) is 73.3 Å². The van der Waals surface area contributed by atoms with E-state index in [0.717, 1.165) is 25.8 Å². The van der Waals surface area contributed by atoms with Gasteiger partial charge in [0.15, 0.2) is 0 Å². The lowest BCUT2D eigenvalue weighted by molar-refractivity contribution is -0.144. The zero-order valence-corrected chi connectivity index (χ0v) is 16.7. The van der Waals surface area contributed by atoms with E-state index in [2.05, 4.69) is 41.5 Å². The molecule has 4 nitrogen and oxygen atoms in total. The number of likely N-dealkylation sites (N-methyl/N-ethyl adjacent to an activating group) is 1. The van der Waals surface area contributed by atoms with Gasteiger partial charge in [0.25, 0.3) is 0 Å². The molecule has 0 aromatic rings. The Bertz CT molecular complexity index is 340. The number of rotatable bonds is 12. The summed E-state index contributed by atoms with van der Waals surface area (Å²) in [6.07, 6.45) is 2.91. The largest absolute Gasteiger partial charge is 0.384 e. The van der Waals surface area contributed by atoms with Gasteiger partial charge in [-0.3, -0.25) is 4.79 Å². The SMILES string of the molecule is CCCC(CC)C(=O)N(CC)C(C)(C)COCC(C)(C)COC. The normalized spacial score (nSPS) is 13.9. The van der Waals surface area contributed by atoms with Crippen LogP contribution in [0, 0.1) is 11.3 Å². The monoisotopic (exact) mass is 329 g/mol. The summed E-state index contributed by atoms with van der Waals surface area (Å²) in [5.74, 6) is 0.394. The summed E-state index contributed by atoms with van der Waals surface area (Å²) in [6, 6.07) is 0. The number of hydrogen-bond acceptors (Lipinski definition) is 3. The first kappa shape index (κ1) is 22.4. The van der Waals surface area contributed by atoms with Crippen molar-refractivity contribution in [1.82, 2.24) is 4.90 Å². The highest BCUT2D eigenvalue weighted by molar-refractivity contribution is 5.79. The van der Waals surface area contributed by atoms with E-state index in [4.69, 9.17) is 9.47 Å². The minimum Gasteiger partial charge on any atom is -0.384 e. The summed E-state index contributed by atoms with van der Waals surface area (Å²) in [6.45, 7) is 17.3. The van der Waals surface area contributed by atoms with Crippen LogP contribution < -0.4 is 0 Å². The number of carbonyl (C=O) groups is 1. The Kier molecular flexibility index (Phi) is 10.0. The Hall–Kier alpha value is -0.610. The Labute approximate surface area is 143 Å². The first-order valence-electron chi connectivity index (χ1n) is 9.03. The molecule has 138 valence electrons. The molecule has 1 unspecified atom stereocenters. The molecule has 4 heteroatoms. The van der Waals surface area contributed by atoms with E-state index in [0.29, 0.717) is 19.8 Å². The molecule has 23 heavy (non-hydrogen) atoms. The predicted molar refractivity (Wildman–Crippen MR) is 96.6 cm³/mol. The van der Waals surface area contributed by atoms with E-state index in [9.17, 15) is 4.79 Å². The first-order valence-corrected chi connectivity index (χ1v) is 9.03. The molecule has 0 aromatic heterocycles. The molecule has 0 aliphatic heterocycles. The van der Waals surface area contributed by atoms with Gasteiger partial charge in [-0.2, -0.15) is 0 Å². The second-order valence-electron chi connectivity index (χ2n) is 7.88. The third-order valence-electron chi connectivity index (χ3n) is 4.28. The minimum atomic E-state index is -0.295.